The van der Waals surface area contributed by atoms with E-state index in [2.05, 4.69) is 10.6 Å². The van der Waals surface area contributed by atoms with E-state index in [0.717, 1.165) is 5.56 Å². The van der Waals surface area contributed by atoms with Gasteiger partial charge in [-0.2, -0.15) is 0 Å². The molecular weight excluding hydrogens is 320 g/mol. The third-order valence-electron chi connectivity index (χ3n) is 3.34. The third kappa shape index (κ3) is 6.10. The average Bonchev–Trinajstić information content (AvgIpc) is 2.57. The van der Waals surface area contributed by atoms with Crippen LogP contribution in [0, 0.1) is 0 Å². The number of hydrogen-bond acceptors (Lipinski definition) is 4. The van der Waals surface area contributed by atoms with Crippen molar-refractivity contribution in [2.24, 2.45) is 0 Å². The zero-order chi connectivity index (χ0) is 18.2. The highest BCUT2D eigenvalue weighted by Gasteiger charge is 2.18. The Labute approximate surface area is 146 Å². The normalized spacial score (nSPS) is 11.3. The standard InChI is InChI=1S/C19H20N2O4/c1-13(25-18(23)12-15-6-4-3-5-7-15)19(24)21-17-10-8-16(9-11-17)20-14(2)22/h3-11,13H,12H2,1-2H3,(H,20,22)(H,21,24)/t13-/m1/s1. The third-order valence-corrected chi connectivity index (χ3v) is 3.34. The quantitative estimate of drug-likeness (QED) is 0.792. The van der Waals surface area contributed by atoms with Crippen molar-refractivity contribution in [2.45, 2.75) is 26.4 Å². The van der Waals surface area contributed by atoms with Crippen LogP contribution in [-0.4, -0.2) is 23.9 Å². The number of anilines is 2. The largest absolute Gasteiger partial charge is 0.452 e. The molecular formula is C19H20N2O4. The van der Waals surface area contributed by atoms with Crippen LogP contribution in [0.2, 0.25) is 0 Å². The van der Waals surface area contributed by atoms with Crippen molar-refractivity contribution in [1.82, 2.24) is 0 Å². The van der Waals surface area contributed by atoms with E-state index in [1.54, 1.807) is 24.3 Å². The molecule has 0 aliphatic heterocycles. The molecule has 0 fully saturated rings. The first-order valence-electron chi connectivity index (χ1n) is 7.86. The van der Waals surface area contributed by atoms with Crippen LogP contribution >= 0.6 is 0 Å². The van der Waals surface area contributed by atoms with E-state index in [1.165, 1.54) is 13.8 Å². The lowest BCUT2D eigenvalue weighted by Gasteiger charge is -2.14. The van der Waals surface area contributed by atoms with E-state index in [9.17, 15) is 14.4 Å². The van der Waals surface area contributed by atoms with Crippen molar-refractivity contribution >= 4 is 29.2 Å². The van der Waals surface area contributed by atoms with Crippen LogP contribution in [-0.2, 0) is 25.5 Å². The Morgan fingerprint density at radius 2 is 1.48 bits per heavy atom. The molecule has 1 atom stereocenters. The van der Waals surface area contributed by atoms with Gasteiger partial charge in [0, 0.05) is 18.3 Å². The molecule has 0 radical (unpaired) electrons. The highest BCUT2D eigenvalue weighted by atomic mass is 16.5. The number of rotatable bonds is 6. The van der Waals surface area contributed by atoms with Gasteiger partial charge in [0.05, 0.1) is 6.42 Å². The molecule has 2 aromatic rings. The second-order valence-electron chi connectivity index (χ2n) is 5.54. The molecule has 0 saturated heterocycles. The van der Waals surface area contributed by atoms with Crippen molar-refractivity contribution in [2.75, 3.05) is 10.6 Å². The van der Waals surface area contributed by atoms with Crippen molar-refractivity contribution in [3.63, 3.8) is 0 Å². The highest BCUT2D eigenvalue weighted by Crippen LogP contribution is 2.14. The molecule has 0 aliphatic carbocycles. The summed E-state index contributed by atoms with van der Waals surface area (Å²) < 4.78 is 5.16. The maximum atomic E-state index is 12.1. The van der Waals surface area contributed by atoms with Crippen molar-refractivity contribution in [3.05, 3.63) is 60.2 Å². The van der Waals surface area contributed by atoms with E-state index >= 15 is 0 Å². The summed E-state index contributed by atoms with van der Waals surface area (Å²) in [4.78, 5) is 35.0. The Balaban J connectivity index is 1.85. The number of carbonyl (C=O) groups is 3. The fraction of sp³-hybridized carbons (Fsp3) is 0.211. The molecule has 6 heteroatoms. The Morgan fingerprint density at radius 1 is 0.920 bits per heavy atom. The monoisotopic (exact) mass is 340 g/mol. The number of amides is 2. The van der Waals surface area contributed by atoms with Gasteiger partial charge in [0.2, 0.25) is 5.91 Å². The lowest BCUT2D eigenvalue weighted by Crippen LogP contribution is -2.30. The molecule has 2 amide bonds. The highest BCUT2D eigenvalue weighted by molar-refractivity contribution is 5.95. The first-order valence-corrected chi connectivity index (χ1v) is 7.86. The second-order valence-corrected chi connectivity index (χ2v) is 5.54. The van der Waals surface area contributed by atoms with Crippen molar-refractivity contribution in [3.8, 4) is 0 Å². The van der Waals surface area contributed by atoms with E-state index in [0.29, 0.717) is 11.4 Å². The Bertz CT molecular complexity index is 742. The molecule has 2 N–H and O–H groups in total. The minimum atomic E-state index is -0.911. The molecule has 0 heterocycles. The molecule has 0 aliphatic rings. The van der Waals surface area contributed by atoms with Gasteiger partial charge in [0.25, 0.3) is 5.91 Å². The maximum Gasteiger partial charge on any atom is 0.311 e. The number of benzene rings is 2. The Kier molecular flexibility index (Phi) is 6.28. The summed E-state index contributed by atoms with van der Waals surface area (Å²) in [5, 5.41) is 5.30. The molecule has 2 rings (SSSR count). The van der Waals surface area contributed by atoms with Crippen LogP contribution < -0.4 is 10.6 Å². The summed E-state index contributed by atoms with van der Waals surface area (Å²) in [6, 6.07) is 15.8. The molecule has 0 bridgehead atoms. The van der Waals surface area contributed by atoms with Crippen LogP contribution in [0.1, 0.15) is 19.4 Å². The van der Waals surface area contributed by atoms with Crippen molar-refractivity contribution < 1.29 is 19.1 Å². The Morgan fingerprint density at radius 3 is 2.04 bits per heavy atom. The lowest BCUT2D eigenvalue weighted by molar-refractivity contribution is -0.152. The summed E-state index contributed by atoms with van der Waals surface area (Å²) in [6.07, 6.45) is -0.796. The van der Waals surface area contributed by atoms with Crippen LogP contribution in [0.5, 0.6) is 0 Å². The minimum absolute atomic E-state index is 0.115. The zero-order valence-corrected chi connectivity index (χ0v) is 14.1. The van der Waals surface area contributed by atoms with Crippen LogP contribution in [0.25, 0.3) is 0 Å². The van der Waals surface area contributed by atoms with Gasteiger partial charge in [-0.25, -0.2) is 0 Å². The molecule has 0 unspecified atom stereocenters. The van der Waals surface area contributed by atoms with Gasteiger partial charge >= 0.3 is 5.97 Å². The van der Waals surface area contributed by atoms with Gasteiger partial charge in [-0.1, -0.05) is 30.3 Å². The fourth-order valence-electron chi connectivity index (χ4n) is 2.14. The first-order chi connectivity index (χ1) is 11.9. The summed E-state index contributed by atoms with van der Waals surface area (Å²) >= 11 is 0. The maximum absolute atomic E-state index is 12.1. The van der Waals surface area contributed by atoms with Crippen molar-refractivity contribution in [1.29, 1.82) is 0 Å². The number of ether oxygens (including phenoxy) is 1. The van der Waals surface area contributed by atoms with E-state index in [-0.39, 0.29) is 12.3 Å². The molecule has 0 aromatic heterocycles. The number of nitrogens with one attached hydrogen (secondary N) is 2. The van der Waals surface area contributed by atoms with Gasteiger partial charge in [-0.15, -0.1) is 0 Å². The van der Waals surface area contributed by atoms with E-state index in [4.69, 9.17) is 4.74 Å². The van der Waals surface area contributed by atoms with Gasteiger partial charge in [0.1, 0.15) is 0 Å². The number of hydrogen-bond donors (Lipinski definition) is 2. The smallest absolute Gasteiger partial charge is 0.311 e. The molecule has 25 heavy (non-hydrogen) atoms. The SMILES string of the molecule is CC(=O)Nc1ccc(NC(=O)[C@@H](C)OC(=O)Cc2ccccc2)cc1. The van der Waals surface area contributed by atoms with E-state index < -0.39 is 18.0 Å². The average molecular weight is 340 g/mol. The van der Waals surface area contributed by atoms with Crippen LogP contribution in [0.4, 0.5) is 11.4 Å². The summed E-state index contributed by atoms with van der Waals surface area (Å²) in [7, 11) is 0. The molecule has 0 saturated carbocycles. The lowest BCUT2D eigenvalue weighted by atomic mass is 10.1. The summed E-state index contributed by atoms with van der Waals surface area (Å²) in [5.41, 5.74) is 2.01. The van der Waals surface area contributed by atoms with Gasteiger partial charge < -0.3 is 15.4 Å². The summed E-state index contributed by atoms with van der Waals surface area (Å²) in [5.74, 6) is -1.06. The second kappa shape index (κ2) is 8.63. The predicted octanol–water partition coefficient (Wildman–Crippen LogP) is 2.76. The number of esters is 1. The minimum Gasteiger partial charge on any atom is -0.452 e. The topological polar surface area (TPSA) is 84.5 Å². The zero-order valence-electron chi connectivity index (χ0n) is 14.1. The first kappa shape index (κ1) is 18.2. The van der Waals surface area contributed by atoms with Crippen LogP contribution in [0.15, 0.2) is 54.6 Å². The molecule has 2 aromatic carbocycles. The van der Waals surface area contributed by atoms with Gasteiger partial charge in [0.15, 0.2) is 6.10 Å². The Hall–Kier alpha value is -3.15. The molecule has 0 spiro atoms. The van der Waals surface area contributed by atoms with Crippen LogP contribution in [0.3, 0.4) is 0 Å². The molecule has 6 nitrogen and oxygen atoms in total. The summed E-state index contributed by atoms with van der Waals surface area (Å²) in [6.45, 7) is 2.94. The molecule has 130 valence electrons. The fourth-order valence-corrected chi connectivity index (χ4v) is 2.14. The van der Waals surface area contributed by atoms with Gasteiger partial charge in [-0.3, -0.25) is 14.4 Å². The van der Waals surface area contributed by atoms with Gasteiger partial charge in [-0.05, 0) is 36.8 Å². The number of carbonyl (C=O) groups excluding carboxylic acids is 3. The predicted molar refractivity (Wildman–Crippen MR) is 95.1 cm³/mol. The van der Waals surface area contributed by atoms with E-state index in [1.807, 2.05) is 30.3 Å².